The van der Waals surface area contributed by atoms with Crippen LogP contribution < -0.4 is 0 Å². The first kappa shape index (κ1) is 19.3. The molecule has 0 amide bonds. The Morgan fingerprint density at radius 1 is 1.15 bits per heavy atom. The molecule has 2 heterocycles. The number of benzene rings is 1. The minimum atomic E-state index is -4.62. The van der Waals surface area contributed by atoms with Crippen LogP contribution in [0.1, 0.15) is 11.3 Å². The van der Waals surface area contributed by atoms with E-state index in [4.69, 9.17) is 0 Å². The molecule has 3 aromatic rings. The van der Waals surface area contributed by atoms with Gasteiger partial charge in [0.2, 0.25) is 10.0 Å². The number of alkyl halides is 3. The molecule has 0 bridgehead atoms. The Labute approximate surface area is 154 Å². The monoisotopic (exact) mass is 398 g/mol. The molecule has 0 aliphatic carbocycles. The lowest BCUT2D eigenvalue weighted by atomic mass is 10.2. The van der Waals surface area contributed by atoms with Crippen molar-refractivity contribution < 1.29 is 21.6 Å². The van der Waals surface area contributed by atoms with Gasteiger partial charge in [0.15, 0.2) is 5.69 Å². The van der Waals surface area contributed by atoms with Gasteiger partial charge in [0.25, 0.3) is 0 Å². The number of aromatic nitrogens is 3. The van der Waals surface area contributed by atoms with Crippen molar-refractivity contribution in [2.75, 3.05) is 12.8 Å². The van der Waals surface area contributed by atoms with Crippen molar-refractivity contribution in [1.82, 2.24) is 19.1 Å². The molecule has 144 valence electrons. The Kier molecular flexibility index (Phi) is 5.20. The molecule has 0 saturated carbocycles. The van der Waals surface area contributed by atoms with Crippen LogP contribution in [0.5, 0.6) is 0 Å². The summed E-state index contributed by atoms with van der Waals surface area (Å²) in [5, 5.41) is 3.54. The number of hydrogen-bond acceptors (Lipinski definition) is 4. The number of halogens is 3. The van der Waals surface area contributed by atoms with E-state index in [1.165, 1.54) is 21.3 Å². The number of nitrogens with zero attached hydrogens (tertiary/aromatic N) is 4. The van der Waals surface area contributed by atoms with Crippen molar-refractivity contribution >= 4 is 20.9 Å². The summed E-state index contributed by atoms with van der Waals surface area (Å²) >= 11 is 0. The fourth-order valence-electron chi connectivity index (χ4n) is 2.76. The summed E-state index contributed by atoms with van der Waals surface area (Å²) in [6, 6.07) is 10.4. The third kappa shape index (κ3) is 4.45. The van der Waals surface area contributed by atoms with Crippen molar-refractivity contribution in [1.29, 1.82) is 0 Å². The minimum Gasteiger partial charge on any atom is -0.264 e. The highest BCUT2D eigenvalue weighted by Gasteiger charge is 2.37. The maximum absolute atomic E-state index is 13.2. The SMILES string of the molecule is CS(=O)(=O)N(CCn1nc(C(F)(F)F)c2cnccc21)Cc1ccccc1. The van der Waals surface area contributed by atoms with E-state index < -0.39 is 21.9 Å². The molecule has 0 aliphatic heterocycles. The van der Waals surface area contributed by atoms with E-state index >= 15 is 0 Å². The Balaban J connectivity index is 1.88. The van der Waals surface area contributed by atoms with E-state index in [1.807, 2.05) is 6.07 Å². The average molecular weight is 398 g/mol. The van der Waals surface area contributed by atoms with Crippen molar-refractivity contribution in [2.45, 2.75) is 19.3 Å². The van der Waals surface area contributed by atoms with Gasteiger partial charge in [0, 0.05) is 25.5 Å². The molecule has 0 atom stereocenters. The molecule has 6 nitrogen and oxygen atoms in total. The standard InChI is InChI=1S/C17H17F3N4O2S/c1-27(25,26)23(12-13-5-3-2-4-6-13)9-10-24-15-7-8-21-11-14(15)16(22-24)17(18,19)20/h2-8,11H,9-10,12H2,1H3. The smallest absolute Gasteiger partial charge is 0.264 e. The normalized spacial score (nSPS) is 12.8. The second kappa shape index (κ2) is 7.28. The molecule has 0 fully saturated rings. The molecule has 0 aliphatic rings. The molecule has 2 aromatic heterocycles. The third-order valence-electron chi connectivity index (χ3n) is 4.05. The molecular weight excluding hydrogens is 381 g/mol. The lowest BCUT2D eigenvalue weighted by Gasteiger charge is -2.20. The lowest BCUT2D eigenvalue weighted by molar-refractivity contribution is -0.140. The summed E-state index contributed by atoms with van der Waals surface area (Å²) in [6.07, 6.45) is -1.06. The fourth-order valence-corrected chi connectivity index (χ4v) is 3.56. The lowest BCUT2D eigenvalue weighted by Crippen LogP contribution is -2.32. The molecule has 0 unspecified atom stereocenters. The predicted octanol–water partition coefficient (Wildman–Crippen LogP) is 2.91. The van der Waals surface area contributed by atoms with E-state index in [0.29, 0.717) is 0 Å². The fraction of sp³-hybridized carbons (Fsp3) is 0.294. The summed E-state index contributed by atoms with van der Waals surface area (Å²) in [5.41, 5.74) is 0.0125. The zero-order valence-corrected chi connectivity index (χ0v) is 15.2. The third-order valence-corrected chi connectivity index (χ3v) is 5.30. The first-order valence-electron chi connectivity index (χ1n) is 8.03. The van der Waals surface area contributed by atoms with Gasteiger partial charge in [-0.05, 0) is 11.6 Å². The van der Waals surface area contributed by atoms with E-state index in [2.05, 4.69) is 10.1 Å². The average Bonchev–Trinajstić information content (AvgIpc) is 2.98. The van der Waals surface area contributed by atoms with Crippen LogP contribution in [0, 0.1) is 0 Å². The van der Waals surface area contributed by atoms with Crippen LogP contribution in [0.25, 0.3) is 10.9 Å². The van der Waals surface area contributed by atoms with Crippen LogP contribution in [0.15, 0.2) is 48.8 Å². The molecule has 0 spiro atoms. The Morgan fingerprint density at radius 3 is 2.48 bits per heavy atom. The Bertz CT molecular complexity index is 1030. The summed E-state index contributed by atoms with van der Waals surface area (Å²) < 4.78 is 66.2. The minimum absolute atomic E-state index is 0.00979. The number of pyridine rings is 1. The van der Waals surface area contributed by atoms with E-state index in [1.54, 1.807) is 24.3 Å². The van der Waals surface area contributed by atoms with E-state index in [9.17, 15) is 21.6 Å². The van der Waals surface area contributed by atoms with Crippen molar-refractivity contribution in [3.05, 3.63) is 60.0 Å². The molecule has 3 rings (SSSR count). The molecule has 27 heavy (non-hydrogen) atoms. The van der Waals surface area contributed by atoms with Gasteiger partial charge in [-0.25, -0.2) is 8.42 Å². The van der Waals surface area contributed by atoms with Crippen molar-refractivity contribution in [3.63, 3.8) is 0 Å². The van der Waals surface area contributed by atoms with Crippen LogP contribution >= 0.6 is 0 Å². The molecule has 0 radical (unpaired) electrons. The van der Waals surface area contributed by atoms with Crippen LogP contribution in [-0.2, 0) is 29.3 Å². The molecule has 1 aromatic carbocycles. The van der Waals surface area contributed by atoms with Gasteiger partial charge >= 0.3 is 6.18 Å². The number of hydrogen-bond donors (Lipinski definition) is 0. The van der Waals surface area contributed by atoms with Gasteiger partial charge in [-0.3, -0.25) is 9.67 Å². The summed E-state index contributed by atoms with van der Waals surface area (Å²) in [6.45, 7) is 0.104. The van der Waals surface area contributed by atoms with Gasteiger partial charge < -0.3 is 0 Å². The predicted molar refractivity (Wildman–Crippen MR) is 94.2 cm³/mol. The highest BCUT2D eigenvalue weighted by molar-refractivity contribution is 7.88. The Hall–Kier alpha value is -2.46. The van der Waals surface area contributed by atoms with Gasteiger partial charge in [-0.1, -0.05) is 30.3 Å². The van der Waals surface area contributed by atoms with Gasteiger partial charge in [0.1, 0.15) is 0 Å². The zero-order valence-electron chi connectivity index (χ0n) is 14.4. The van der Waals surface area contributed by atoms with Gasteiger partial charge in [-0.15, -0.1) is 0 Å². The zero-order chi connectivity index (χ0) is 19.7. The maximum Gasteiger partial charge on any atom is 0.435 e. The summed E-state index contributed by atoms with van der Waals surface area (Å²) in [5.74, 6) is 0. The highest BCUT2D eigenvalue weighted by Crippen LogP contribution is 2.33. The van der Waals surface area contributed by atoms with Crippen molar-refractivity contribution in [3.8, 4) is 0 Å². The van der Waals surface area contributed by atoms with Crippen LogP contribution in [-0.4, -0.2) is 40.3 Å². The first-order valence-corrected chi connectivity index (χ1v) is 9.88. The molecule has 0 saturated heterocycles. The van der Waals surface area contributed by atoms with Crippen LogP contribution in [0.4, 0.5) is 13.2 Å². The van der Waals surface area contributed by atoms with E-state index in [-0.39, 0.29) is 30.5 Å². The molecular formula is C17H17F3N4O2S. The number of fused-ring (bicyclic) bond motifs is 1. The summed E-state index contributed by atoms with van der Waals surface area (Å²) in [4.78, 5) is 3.73. The number of sulfonamides is 1. The summed E-state index contributed by atoms with van der Waals surface area (Å²) in [7, 11) is -3.55. The quantitative estimate of drug-likeness (QED) is 0.640. The van der Waals surface area contributed by atoms with E-state index in [0.717, 1.165) is 18.0 Å². The number of rotatable bonds is 6. The molecule has 0 N–H and O–H groups in total. The second-order valence-electron chi connectivity index (χ2n) is 6.04. The van der Waals surface area contributed by atoms with Crippen LogP contribution in [0.3, 0.4) is 0 Å². The largest absolute Gasteiger partial charge is 0.435 e. The van der Waals surface area contributed by atoms with Gasteiger partial charge in [-0.2, -0.15) is 22.6 Å². The highest BCUT2D eigenvalue weighted by atomic mass is 32.2. The van der Waals surface area contributed by atoms with Crippen LogP contribution in [0.2, 0.25) is 0 Å². The molecule has 10 heteroatoms. The first-order chi connectivity index (χ1) is 12.7. The Morgan fingerprint density at radius 2 is 1.85 bits per heavy atom. The van der Waals surface area contributed by atoms with Crippen molar-refractivity contribution in [2.24, 2.45) is 0 Å². The topological polar surface area (TPSA) is 68.1 Å². The van der Waals surface area contributed by atoms with Gasteiger partial charge in [0.05, 0.1) is 23.7 Å². The maximum atomic E-state index is 13.2. The second-order valence-corrected chi connectivity index (χ2v) is 8.03.